The highest BCUT2D eigenvalue weighted by Gasteiger charge is 2.58. The van der Waals surface area contributed by atoms with Gasteiger partial charge in [0.25, 0.3) is 0 Å². The molecule has 3 aliphatic rings. The average molecular weight is 293 g/mol. The van der Waals surface area contributed by atoms with Crippen molar-refractivity contribution in [3.63, 3.8) is 0 Å². The molecule has 7 heteroatoms. The van der Waals surface area contributed by atoms with Crippen LogP contribution in [0, 0.1) is 5.41 Å². The van der Waals surface area contributed by atoms with E-state index in [0.717, 1.165) is 24.2 Å². The van der Waals surface area contributed by atoms with Crippen LogP contribution < -0.4 is 5.32 Å². The number of barbiturate groups is 1. The lowest BCUT2D eigenvalue weighted by molar-refractivity contribution is -0.161. The van der Waals surface area contributed by atoms with E-state index < -0.39 is 29.3 Å². The third kappa shape index (κ3) is 1.94. The zero-order valence-corrected chi connectivity index (χ0v) is 12.1. The Kier molecular flexibility index (Phi) is 3.22. The van der Waals surface area contributed by atoms with Gasteiger partial charge in [0.2, 0.25) is 17.7 Å². The Morgan fingerprint density at radius 3 is 2.29 bits per heavy atom. The second-order valence-corrected chi connectivity index (χ2v) is 6.08. The number of urea groups is 1. The van der Waals surface area contributed by atoms with Crippen LogP contribution in [0.15, 0.2) is 0 Å². The Hall–Kier alpha value is -1.92. The minimum absolute atomic E-state index is 0.222. The molecule has 1 N–H and O–H groups in total. The molecule has 1 atom stereocenters. The van der Waals surface area contributed by atoms with Gasteiger partial charge >= 0.3 is 6.03 Å². The zero-order chi connectivity index (χ0) is 15.2. The van der Waals surface area contributed by atoms with Crippen molar-refractivity contribution >= 4 is 23.8 Å². The molecule has 5 amide bonds. The van der Waals surface area contributed by atoms with Gasteiger partial charge in [0, 0.05) is 13.1 Å². The fourth-order valence-corrected chi connectivity index (χ4v) is 3.33. The second-order valence-electron chi connectivity index (χ2n) is 6.08. The molecule has 2 heterocycles. The smallest absolute Gasteiger partial charge is 0.331 e. The first-order valence-electron chi connectivity index (χ1n) is 7.45. The van der Waals surface area contributed by atoms with Gasteiger partial charge in [-0.05, 0) is 32.6 Å². The van der Waals surface area contributed by atoms with Crippen molar-refractivity contribution in [3.05, 3.63) is 0 Å². The Balaban J connectivity index is 1.82. The molecule has 0 bridgehead atoms. The van der Waals surface area contributed by atoms with Crippen molar-refractivity contribution in [2.24, 2.45) is 5.41 Å². The van der Waals surface area contributed by atoms with Crippen molar-refractivity contribution in [3.8, 4) is 0 Å². The molecule has 1 spiro atoms. The highest BCUT2D eigenvalue weighted by molar-refractivity contribution is 6.20. The van der Waals surface area contributed by atoms with Crippen LogP contribution in [0.2, 0.25) is 0 Å². The van der Waals surface area contributed by atoms with Gasteiger partial charge in [0.1, 0.15) is 11.5 Å². The van der Waals surface area contributed by atoms with Crippen LogP contribution in [0.4, 0.5) is 4.79 Å². The van der Waals surface area contributed by atoms with Crippen molar-refractivity contribution in [2.75, 3.05) is 13.1 Å². The molecule has 114 valence electrons. The highest BCUT2D eigenvalue weighted by Crippen LogP contribution is 2.44. The fourth-order valence-electron chi connectivity index (χ4n) is 3.33. The topological polar surface area (TPSA) is 86.8 Å². The molecule has 1 saturated carbocycles. The highest BCUT2D eigenvalue weighted by atomic mass is 16.2. The van der Waals surface area contributed by atoms with E-state index in [9.17, 15) is 19.2 Å². The molecule has 0 aromatic carbocycles. The summed E-state index contributed by atoms with van der Waals surface area (Å²) in [7, 11) is 0. The normalized spacial score (nSPS) is 25.9. The maximum absolute atomic E-state index is 12.6. The molecule has 3 fully saturated rings. The molecule has 0 radical (unpaired) electrons. The summed E-state index contributed by atoms with van der Waals surface area (Å²) in [5, 5.41) is 2.24. The lowest BCUT2D eigenvalue weighted by Crippen LogP contribution is -2.69. The second kappa shape index (κ2) is 4.82. The number of carbonyl (C=O) groups is 4. The van der Waals surface area contributed by atoms with Gasteiger partial charge < -0.3 is 4.90 Å². The monoisotopic (exact) mass is 293 g/mol. The minimum Gasteiger partial charge on any atom is -0.341 e. The number of rotatable bonds is 2. The maximum atomic E-state index is 12.6. The van der Waals surface area contributed by atoms with Crippen LogP contribution in [-0.4, -0.2) is 52.7 Å². The van der Waals surface area contributed by atoms with E-state index in [1.54, 1.807) is 11.8 Å². The van der Waals surface area contributed by atoms with E-state index in [1.165, 1.54) is 0 Å². The first-order valence-corrected chi connectivity index (χ1v) is 7.45. The third-order valence-electron chi connectivity index (χ3n) is 4.87. The summed E-state index contributed by atoms with van der Waals surface area (Å²) in [6.45, 7) is 2.88. The lowest BCUT2D eigenvalue weighted by atomic mass is 9.66. The molecular weight excluding hydrogens is 274 g/mol. The number of nitrogens with zero attached hydrogens (tertiary/aromatic N) is 2. The molecule has 21 heavy (non-hydrogen) atoms. The van der Waals surface area contributed by atoms with Crippen molar-refractivity contribution in [2.45, 2.75) is 45.1 Å². The van der Waals surface area contributed by atoms with Crippen molar-refractivity contribution in [1.29, 1.82) is 0 Å². The van der Waals surface area contributed by atoms with Crippen LogP contribution in [0.1, 0.15) is 39.0 Å². The van der Waals surface area contributed by atoms with Gasteiger partial charge in [-0.1, -0.05) is 6.42 Å². The van der Waals surface area contributed by atoms with Crippen LogP contribution in [-0.2, 0) is 14.4 Å². The van der Waals surface area contributed by atoms with E-state index in [0.29, 0.717) is 25.9 Å². The molecule has 3 rings (SSSR count). The zero-order valence-electron chi connectivity index (χ0n) is 12.1. The van der Waals surface area contributed by atoms with E-state index in [-0.39, 0.29) is 5.91 Å². The largest absolute Gasteiger partial charge is 0.341 e. The molecule has 1 aliphatic carbocycles. The molecule has 2 saturated heterocycles. The van der Waals surface area contributed by atoms with Crippen LogP contribution in [0.5, 0.6) is 0 Å². The number of carbonyl (C=O) groups excluding carboxylic acids is 4. The van der Waals surface area contributed by atoms with E-state index >= 15 is 0 Å². The minimum atomic E-state index is -1.12. The van der Waals surface area contributed by atoms with E-state index in [1.807, 2.05) is 0 Å². The fraction of sp³-hybridized carbons (Fsp3) is 0.714. The Morgan fingerprint density at radius 1 is 1.14 bits per heavy atom. The molecule has 0 aromatic heterocycles. The molecule has 2 aliphatic heterocycles. The molecule has 0 aromatic rings. The van der Waals surface area contributed by atoms with E-state index in [4.69, 9.17) is 0 Å². The number of likely N-dealkylation sites (tertiary alicyclic amines) is 1. The van der Waals surface area contributed by atoms with E-state index in [2.05, 4.69) is 5.32 Å². The predicted octanol–water partition coefficient (Wildman–Crippen LogP) is 0.246. The molecular formula is C14H19N3O4. The quantitative estimate of drug-likeness (QED) is 0.739. The number of amides is 5. The van der Waals surface area contributed by atoms with Gasteiger partial charge in [-0.3, -0.25) is 24.6 Å². The molecule has 7 nitrogen and oxygen atoms in total. The number of nitrogens with one attached hydrogen (secondary N) is 1. The summed E-state index contributed by atoms with van der Waals surface area (Å²) in [6, 6.07) is -1.64. The number of hydrogen-bond donors (Lipinski definition) is 1. The van der Waals surface area contributed by atoms with Crippen molar-refractivity contribution < 1.29 is 19.2 Å². The van der Waals surface area contributed by atoms with Crippen LogP contribution >= 0.6 is 0 Å². The third-order valence-corrected chi connectivity index (χ3v) is 4.87. The van der Waals surface area contributed by atoms with Crippen LogP contribution in [0.25, 0.3) is 0 Å². The summed E-state index contributed by atoms with van der Waals surface area (Å²) >= 11 is 0. The Morgan fingerprint density at radius 2 is 1.76 bits per heavy atom. The number of imide groups is 2. The van der Waals surface area contributed by atoms with Gasteiger partial charge in [-0.2, -0.15) is 0 Å². The first kappa shape index (κ1) is 14.0. The SMILES string of the molecule is CC(C(=O)N1CCCC1)N1C(=O)NC(=O)C2(CCC2)C1=O. The summed E-state index contributed by atoms with van der Waals surface area (Å²) in [4.78, 5) is 51.6. The Bertz CT molecular complexity index is 520. The summed E-state index contributed by atoms with van der Waals surface area (Å²) < 4.78 is 0. The number of hydrogen-bond acceptors (Lipinski definition) is 4. The standard InChI is InChI=1S/C14H19N3O4/c1-9(10(18)16-7-2-3-8-16)17-12(20)14(5-4-6-14)11(19)15-13(17)21/h9H,2-8H2,1H3,(H,15,19,21). The lowest BCUT2D eigenvalue weighted by Gasteiger charge is -2.46. The summed E-state index contributed by atoms with van der Waals surface area (Å²) in [5.41, 5.74) is -1.12. The average Bonchev–Trinajstić information content (AvgIpc) is 2.89. The van der Waals surface area contributed by atoms with Gasteiger partial charge in [0.05, 0.1) is 0 Å². The predicted molar refractivity (Wildman–Crippen MR) is 71.9 cm³/mol. The van der Waals surface area contributed by atoms with Crippen LogP contribution in [0.3, 0.4) is 0 Å². The Labute approximate surface area is 122 Å². The van der Waals surface area contributed by atoms with Gasteiger partial charge in [-0.15, -0.1) is 0 Å². The first-order chi connectivity index (χ1) is 9.97. The summed E-state index contributed by atoms with van der Waals surface area (Å²) in [6.07, 6.45) is 3.58. The van der Waals surface area contributed by atoms with Gasteiger partial charge in [0.15, 0.2) is 0 Å². The van der Waals surface area contributed by atoms with Crippen molar-refractivity contribution in [1.82, 2.24) is 15.1 Å². The summed E-state index contributed by atoms with van der Waals surface area (Å²) in [5.74, 6) is -1.25. The maximum Gasteiger partial charge on any atom is 0.331 e. The molecule has 1 unspecified atom stereocenters. The van der Waals surface area contributed by atoms with Gasteiger partial charge in [-0.25, -0.2) is 4.79 Å².